The van der Waals surface area contributed by atoms with E-state index in [4.69, 9.17) is 4.74 Å². The lowest BCUT2D eigenvalue weighted by atomic mass is 10.2. The molecule has 0 N–H and O–H groups in total. The Morgan fingerprint density at radius 3 is 2.48 bits per heavy atom. The summed E-state index contributed by atoms with van der Waals surface area (Å²) in [6.45, 7) is 7.14. The number of carbonyl (C=O) groups is 1. The van der Waals surface area contributed by atoms with Crippen LogP contribution in [0.2, 0.25) is 0 Å². The molecule has 1 aromatic heterocycles. The number of aromatic nitrogens is 2. The van der Waals surface area contributed by atoms with Crippen molar-refractivity contribution in [3.63, 3.8) is 0 Å². The van der Waals surface area contributed by atoms with E-state index in [2.05, 4.69) is 16.9 Å². The van der Waals surface area contributed by atoms with E-state index >= 15 is 0 Å². The molecule has 0 fully saturated rings. The zero-order valence-electron chi connectivity index (χ0n) is 12.8. The molecule has 5 nitrogen and oxygen atoms in total. The summed E-state index contributed by atoms with van der Waals surface area (Å²) in [5.74, 6) is 0.518. The molecule has 0 amide bonds. The minimum Gasteiger partial charge on any atom is -0.465 e. The molecule has 0 spiro atoms. The maximum Gasteiger partial charge on any atom is 0.325 e. The second-order valence-electron chi connectivity index (χ2n) is 4.85. The van der Waals surface area contributed by atoms with Crippen LogP contribution in [0.3, 0.4) is 0 Å². The summed E-state index contributed by atoms with van der Waals surface area (Å²) >= 11 is 0. The van der Waals surface area contributed by atoms with E-state index in [0.717, 1.165) is 35.5 Å². The molecule has 0 saturated heterocycles. The Bertz CT molecular complexity index is 628. The first-order valence-corrected chi connectivity index (χ1v) is 7.29. The monoisotopic (exact) mass is 287 g/mol. The first kappa shape index (κ1) is 15.2. The average Bonchev–Trinajstić information content (AvgIpc) is 2.46. The van der Waals surface area contributed by atoms with E-state index in [0.29, 0.717) is 6.61 Å². The van der Waals surface area contributed by atoms with Gasteiger partial charge in [0.15, 0.2) is 5.82 Å². The number of nitrogens with zero attached hydrogens (tertiary/aromatic N) is 3. The van der Waals surface area contributed by atoms with Crippen LogP contribution in [-0.4, -0.2) is 35.6 Å². The maximum atomic E-state index is 11.8. The second kappa shape index (κ2) is 7.02. The third-order valence-electron chi connectivity index (χ3n) is 3.14. The summed E-state index contributed by atoms with van der Waals surface area (Å²) in [5.41, 5.74) is 2.53. The molecule has 0 bridgehead atoms. The number of hydrogen-bond acceptors (Lipinski definition) is 5. The number of hydrogen-bond donors (Lipinski definition) is 0. The van der Waals surface area contributed by atoms with Crippen LogP contribution in [0, 0.1) is 6.92 Å². The Morgan fingerprint density at radius 1 is 1.19 bits per heavy atom. The molecule has 1 heterocycles. The normalized spacial score (nSPS) is 10.6. The Kier molecular flexibility index (Phi) is 5.09. The molecule has 0 radical (unpaired) electrons. The van der Waals surface area contributed by atoms with E-state index in [1.54, 1.807) is 0 Å². The summed E-state index contributed by atoms with van der Waals surface area (Å²) in [4.78, 5) is 22.9. The first-order valence-electron chi connectivity index (χ1n) is 7.29. The van der Waals surface area contributed by atoms with Crippen LogP contribution in [0.1, 0.15) is 26.0 Å². The highest BCUT2D eigenvalue weighted by Gasteiger charge is 2.16. The Hall–Kier alpha value is -2.17. The molecule has 2 rings (SSSR count). The number of fused-ring (bicyclic) bond motifs is 1. The lowest BCUT2D eigenvalue weighted by molar-refractivity contribution is -0.141. The predicted octanol–water partition coefficient (Wildman–Crippen LogP) is 2.72. The fourth-order valence-electron chi connectivity index (χ4n) is 2.27. The van der Waals surface area contributed by atoms with Crippen molar-refractivity contribution >= 4 is 22.8 Å². The van der Waals surface area contributed by atoms with Gasteiger partial charge in [-0.05, 0) is 32.4 Å². The molecule has 2 aromatic rings. The number of aryl methyl sites for hydroxylation is 1. The zero-order valence-corrected chi connectivity index (χ0v) is 12.8. The maximum absolute atomic E-state index is 11.8. The summed E-state index contributed by atoms with van der Waals surface area (Å²) in [6, 6.07) is 7.75. The van der Waals surface area contributed by atoms with E-state index in [-0.39, 0.29) is 12.5 Å². The molecular weight excluding hydrogens is 266 g/mol. The highest BCUT2D eigenvalue weighted by Crippen LogP contribution is 2.20. The van der Waals surface area contributed by atoms with E-state index in [1.807, 2.05) is 43.0 Å². The van der Waals surface area contributed by atoms with Crippen molar-refractivity contribution < 1.29 is 9.53 Å². The van der Waals surface area contributed by atoms with Crippen LogP contribution >= 0.6 is 0 Å². The number of anilines is 1. The fraction of sp³-hybridized carbons (Fsp3) is 0.438. The summed E-state index contributed by atoms with van der Waals surface area (Å²) in [6.07, 6.45) is 0.924. The van der Waals surface area contributed by atoms with Gasteiger partial charge < -0.3 is 9.64 Å². The standard InChI is InChI=1S/C16H21N3O2/c1-4-10-19(11-15(20)21-5-2)16-12(3)17-13-8-6-7-9-14(13)18-16/h6-9H,4-5,10-11H2,1-3H3. The molecule has 1 aromatic carbocycles. The van der Waals surface area contributed by atoms with Gasteiger partial charge in [-0.3, -0.25) is 4.79 Å². The van der Waals surface area contributed by atoms with Crippen molar-refractivity contribution in [3.05, 3.63) is 30.0 Å². The van der Waals surface area contributed by atoms with Crippen molar-refractivity contribution in [3.8, 4) is 0 Å². The van der Waals surface area contributed by atoms with Gasteiger partial charge in [-0.25, -0.2) is 9.97 Å². The highest BCUT2D eigenvalue weighted by molar-refractivity contribution is 5.79. The molecule has 0 aliphatic heterocycles. The van der Waals surface area contributed by atoms with Crippen molar-refractivity contribution in [1.82, 2.24) is 9.97 Å². The van der Waals surface area contributed by atoms with Crippen LogP contribution < -0.4 is 4.90 Å². The van der Waals surface area contributed by atoms with Gasteiger partial charge in [-0.2, -0.15) is 0 Å². The minimum absolute atomic E-state index is 0.204. The third kappa shape index (κ3) is 3.68. The van der Waals surface area contributed by atoms with Gasteiger partial charge in [-0.15, -0.1) is 0 Å². The van der Waals surface area contributed by atoms with Crippen LogP contribution in [0.5, 0.6) is 0 Å². The number of rotatable bonds is 6. The lowest BCUT2D eigenvalue weighted by Gasteiger charge is -2.23. The summed E-state index contributed by atoms with van der Waals surface area (Å²) in [7, 11) is 0. The third-order valence-corrected chi connectivity index (χ3v) is 3.14. The molecular formula is C16H21N3O2. The van der Waals surface area contributed by atoms with Crippen LogP contribution in [-0.2, 0) is 9.53 Å². The average molecular weight is 287 g/mol. The molecule has 5 heteroatoms. The summed E-state index contributed by atoms with van der Waals surface area (Å²) in [5, 5.41) is 0. The first-order chi connectivity index (χ1) is 10.2. The minimum atomic E-state index is -0.236. The molecule has 0 aliphatic rings. The van der Waals surface area contributed by atoms with Gasteiger partial charge in [0.05, 0.1) is 23.3 Å². The molecule has 0 aliphatic carbocycles. The van der Waals surface area contributed by atoms with Crippen molar-refractivity contribution in [1.29, 1.82) is 0 Å². The van der Waals surface area contributed by atoms with Crippen LogP contribution in [0.15, 0.2) is 24.3 Å². The zero-order chi connectivity index (χ0) is 15.2. The second-order valence-corrected chi connectivity index (χ2v) is 4.85. The Morgan fingerprint density at radius 2 is 1.86 bits per heavy atom. The largest absolute Gasteiger partial charge is 0.465 e. The van der Waals surface area contributed by atoms with Gasteiger partial charge in [-0.1, -0.05) is 19.1 Å². The SMILES string of the molecule is CCCN(CC(=O)OCC)c1nc2ccccc2nc1C. The molecule has 21 heavy (non-hydrogen) atoms. The number of ether oxygens (including phenoxy) is 1. The van der Waals surface area contributed by atoms with E-state index in [1.165, 1.54) is 0 Å². The number of carbonyl (C=O) groups excluding carboxylic acids is 1. The van der Waals surface area contributed by atoms with Crippen molar-refractivity contribution in [2.24, 2.45) is 0 Å². The number of esters is 1. The predicted molar refractivity (Wildman–Crippen MR) is 83.4 cm³/mol. The van der Waals surface area contributed by atoms with Gasteiger partial charge >= 0.3 is 5.97 Å². The summed E-state index contributed by atoms with van der Waals surface area (Å²) < 4.78 is 5.04. The van der Waals surface area contributed by atoms with E-state index < -0.39 is 0 Å². The quantitative estimate of drug-likeness (QED) is 0.765. The lowest BCUT2D eigenvalue weighted by Crippen LogP contribution is -2.33. The topological polar surface area (TPSA) is 55.3 Å². The number of para-hydroxylation sites is 2. The molecule has 112 valence electrons. The van der Waals surface area contributed by atoms with Gasteiger partial charge in [0.1, 0.15) is 6.54 Å². The Labute approximate surface area is 125 Å². The molecule has 0 unspecified atom stereocenters. The highest BCUT2D eigenvalue weighted by atomic mass is 16.5. The molecule has 0 atom stereocenters. The smallest absolute Gasteiger partial charge is 0.325 e. The van der Waals surface area contributed by atoms with E-state index in [9.17, 15) is 4.79 Å². The van der Waals surface area contributed by atoms with Gasteiger partial charge in [0, 0.05) is 6.54 Å². The Balaban J connectivity index is 2.34. The van der Waals surface area contributed by atoms with Crippen molar-refractivity contribution in [2.45, 2.75) is 27.2 Å². The number of benzene rings is 1. The van der Waals surface area contributed by atoms with Crippen molar-refractivity contribution in [2.75, 3.05) is 24.6 Å². The van der Waals surface area contributed by atoms with Crippen LogP contribution in [0.4, 0.5) is 5.82 Å². The van der Waals surface area contributed by atoms with Gasteiger partial charge in [0.2, 0.25) is 0 Å². The van der Waals surface area contributed by atoms with Crippen LogP contribution in [0.25, 0.3) is 11.0 Å². The van der Waals surface area contributed by atoms with Gasteiger partial charge in [0.25, 0.3) is 0 Å². The fourth-order valence-corrected chi connectivity index (χ4v) is 2.27. The molecule has 0 saturated carbocycles.